The fourth-order valence-electron chi connectivity index (χ4n) is 1.71. The Kier molecular flexibility index (Phi) is 5.16. The zero-order valence-corrected chi connectivity index (χ0v) is 9.25. The standard InChI is InChI=1S/C11H19N3O/c1-3-5-13-11(15)10(2)14-8-4-6-12-7-9-14/h1,10,12H,4-9H2,2H3,(H,13,15). The first kappa shape index (κ1) is 12.0. The molecule has 0 saturated carbocycles. The van der Waals surface area contributed by atoms with E-state index in [2.05, 4.69) is 21.5 Å². The minimum absolute atomic E-state index is 0.0230. The van der Waals surface area contributed by atoms with Crippen LogP contribution in [0.3, 0.4) is 0 Å². The maximum atomic E-state index is 11.6. The molecule has 0 bridgehead atoms. The third-order valence-corrected chi connectivity index (χ3v) is 2.67. The SMILES string of the molecule is C#CCNC(=O)C(C)N1CCCNCC1. The van der Waals surface area contributed by atoms with E-state index in [1.807, 2.05) is 6.92 Å². The lowest BCUT2D eigenvalue weighted by molar-refractivity contribution is -0.125. The van der Waals surface area contributed by atoms with Crippen LogP contribution in [0.2, 0.25) is 0 Å². The van der Waals surface area contributed by atoms with Crippen LogP contribution < -0.4 is 10.6 Å². The van der Waals surface area contributed by atoms with Gasteiger partial charge in [-0.25, -0.2) is 0 Å². The number of hydrogen-bond donors (Lipinski definition) is 2. The van der Waals surface area contributed by atoms with Crippen LogP contribution in [0.4, 0.5) is 0 Å². The molecule has 0 aromatic carbocycles. The van der Waals surface area contributed by atoms with E-state index in [9.17, 15) is 4.79 Å². The molecule has 0 aromatic heterocycles. The van der Waals surface area contributed by atoms with Gasteiger partial charge in [-0.05, 0) is 19.9 Å². The number of nitrogens with zero attached hydrogens (tertiary/aromatic N) is 1. The Labute approximate surface area is 91.4 Å². The molecule has 84 valence electrons. The molecular weight excluding hydrogens is 190 g/mol. The Bertz CT molecular complexity index is 239. The molecule has 1 amide bonds. The lowest BCUT2D eigenvalue weighted by Crippen LogP contribution is -2.46. The third-order valence-electron chi connectivity index (χ3n) is 2.67. The van der Waals surface area contributed by atoms with Gasteiger partial charge in [0.1, 0.15) is 0 Å². The highest BCUT2D eigenvalue weighted by Crippen LogP contribution is 2.02. The zero-order valence-electron chi connectivity index (χ0n) is 9.25. The topological polar surface area (TPSA) is 44.4 Å². The molecule has 1 aliphatic rings. The van der Waals surface area contributed by atoms with Crippen LogP contribution in [0.25, 0.3) is 0 Å². The van der Waals surface area contributed by atoms with Crippen LogP contribution in [-0.4, -0.2) is 49.6 Å². The van der Waals surface area contributed by atoms with Gasteiger partial charge in [-0.1, -0.05) is 5.92 Å². The molecule has 0 spiro atoms. The van der Waals surface area contributed by atoms with Crippen molar-refractivity contribution in [3.63, 3.8) is 0 Å². The van der Waals surface area contributed by atoms with Crippen LogP contribution in [0.5, 0.6) is 0 Å². The van der Waals surface area contributed by atoms with Crippen LogP contribution >= 0.6 is 0 Å². The molecule has 4 heteroatoms. The van der Waals surface area contributed by atoms with Crippen LogP contribution in [0.1, 0.15) is 13.3 Å². The molecule has 1 heterocycles. The largest absolute Gasteiger partial charge is 0.344 e. The zero-order chi connectivity index (χ0) is 11.1. The second-order valence-electron chi connectivity index (χ2n) is 3.74. The highest BCUT2D eigenvalue weighted by atomic mass is 16.2. The van der Waals surface area contributed by atoms with Gasteiger partial charge in [-0.2, -0.15) is 0 Å². The summed E-state index contributed by atoms with van der Waals surface area (Å²) < 4.78 is 0. The van der Waals surface area contributed by atoms with Gasteiger partial charge in [-0.15, -0.1) is 6.42 Å². The van der Waals surface area contributed by atoms with Crippen LogP contribution in [0.15, 0.2) is 0 Å². The molecule has 0 aromatic rings. The molecule has 1 rings (SSSR count). The lowest BCUT2D eigenvalue weighted by Gasteiger charge is -2.25. The molecule has 1 saturated heterocycles. The van der Waals surface area contributed by atoms with Crippen molar-refractivity contribution in [3.05, 3.63) is 0 Å². The third kappa shape index (κ3) is 3.90. The fraction of sp³-hybridized carbons (Fsp3) is 0.727. The summed E-state index contributed by atoms with van der Waals surface area (Å²) in [6.07, 6.45) is 6.18. The predicted octanol–water partition coefficient (Wildman–Crippen LogP) is -0.580. The molecule has 0 aliphatic carbocycles. The summed E-state index contributed by atoms with van der Waals surface area (Å²) in [6.45, 7) is 6.12. The first-order chi connectivity index (χ1) is 7.25. The Hall–Kier alpha value is -1.05. The van der Waals surface area contributed by atoms with E-state index in [1.165, 1.54) is 0 Å². The quantitative estimate of drug-likeness (QED) is 0.611. The van der Waals surface area contributed by atoms with Gasteiger partial charge in [0.05, 0.1) is 12.6 Å². The highest BCUT2D eigenvalue weighted by Gasteiger charge is 2.21. The summed E-state index contributed by atoms with van der Waals surface area (Å²) >= 11 is 0. The van der Waals surface area contributed by atoms with Gasteiger partial charge in [-0.3, -0.25) is 9.69 Å². The van der Waals surface area contributed by atoms with Crippen molar-refractivity contribution in [1.29, 1.82) is 0 Å². The smallest absolute Gasteiger partial charge is 0.237 e. The van der Waals surface area contributed by atoms with Gasteiger partial charge < -0.3 is 10.6 Å². The Morgan fingerprint density at radius 1 is 1.60 bits per heavy atom. The molecular formula is C11H19N3O. The number of hydrogen-bond acceptors (Lipinski definition) is 3. The summed E-state index contributed by atoms with van der Waals surface area (Å²) in [6, 6.07) is -0.0850. The lowest BCUT2D eigenvalue weighted by atomic mass is 10.2. The van der Waals surface area contributed by atoms with E-state index in [1.54, 1.807) is 0 Å². The van der Waals surface area contributed by atoms with E-state index >= 15 is 0 Å². The van der Waals surface area contributed by atoms with E-state index in [4.69, 9.17) is 6.42 Å². The van der Waals surface area contributed by atoms with Crippen molar-refractivity contribution in [2.24, 2.45) is 0 Å². The Morgan fingerprint density at radius 3 is 3.13 bits per heavy atom. The van der Waals surface area contributed by atoms with Crippen molar-refractivity contribution < 1.29 is 4.79 Å². The molecule has 4 nitrogen and oxygen atoms in total. The first-order valence-electron chi connectivity index (χ1n) is 5.41. The average Bonchev–Trinajstić information content (AvgIpc) is 2.53. The number of amides is 1. The maximum Gasteiger partial charge on any atom is 0.237 e. The van der Waals surface area contributed by atoms with Crippen molar-refractivity contribution >= 4 is 5.91 Å². The summed E-state index contributed by atoms with van der Waals surface area (Å²) in [4.78, 5) is 13.8. The minimum Gasteiger partial charge on any atom is -0.344 e. The molecule has 15 heavy (non-hydrogen) atoms. The van der Waals surface area contributed by atoms with E-state index < -0.39 is 0 Å². The van der Waals surface area contributed by atoms with E-state index in [0.717, 1.165) is 32.6 Å². The minimum atomic E-state index is -0.0850. The molecule has 1 unspecified atom stereocenters. The monoisotopic (exact) mass is 209 g/mol. The van der Waals surface area contributed by atoms with Gasteiger partial charge in [0, 0.05) is 19.6 Å². The highest BCUT2D eigenvalue weighted by molar-refractivity contribution is 5.81. The van der Waals surface area contributed by atoms with Gasteiger partial charge in [0.15, 0.2) is 0 Å². The Morgan fingerprint density at radius 2 is 2.40 bits per heavy atom. The first-order valence-corrected chi connectivity index (χ1v) is 5.41. The number of carbonyl (C=O) groups excluding carboxylic acids is 1. The van der Waals surface area contributed by atoms with Crippen molar-refractivity contribution in [3.8, 4) is 12.3 Å². The van der Waals surface area contributed by atoms with E-state index in [0.29, 0.717) is 6.54 Å². The number of carbonyl (C=O) groups is 1. The molecule has 1 aliphatic heterocycles. The molecule has 0 radical (unpaired) electrons. The second kappa shape index (κ2) is 6.44. The second-order valence-corrected chi connectivity index (χ2v) is 3.74. The summed E-state index contributed by atoms with van der Waals surface area (Å²) in [7, 11) is 0. The maximum absolute atomic E-state index is 11.6. The fourth-order valence-corrected chi connectivity index (χ4v) is 1.71. The van der Waals surface area contributed by atoms with Gasteiger partial charge in [0.2, 0.25) is 5.91 Å². The molecule has 1 fully saturated rings. The normalized spacial score (nSPS) is 20.0. The van der Waals surface area contributed by atoms with Gasteiger partial charge >= 0.3 is 0 Å². The summed E-state index contributed by atoms with van der Waals surface area (Å²) in [5.74, 6) is 2.43. The van der Waals surface area contributed by atoms with Crippen molar-refractivity contribution in [2.45, 2.75) is 19.4 Å². The van der Waals surface area contributed by atoms with Crippen molar-refractivity contribution in [2.75, 3.05) is 32.7 Å². The Balaban J connectivity index is 2.39. The predicted molar refractivity (Wildman–Crippen MR) is 60.4 cm³/mol. The number of rotatable bonds is 3. The van der Waals surface area contributed by atoms with E-state index in [-0.39, 0.29) is 11.9 Å². The average molecular weight is 209 g/mol. The summed E-state index contributed by atoms with van der Waals surface area (Å²) in [5, 5.41) is 6.02. The van der Waals surface area contributed by atoms with Gasteiger partial charge in [0.25, 0.3) is 0 Å². The van der Waals surface area contributed by atoms with Crippen LogP contribution in [-0.2, 0) is 4.79 Å². The van der Waals surface area contributed by atoms with Crippen molar-refractivity contribution in [1.82, 2.24) is 15.5 Å². The molecule has 1 atom stereocenters. The summed E-state index contributed by atoms with van der Waals surface area (Å²) in [5.41, 5.74) is 0. The van der Waals surface area contributed by atoms with Crippen LogP contribution in [0, 0.1) is 12.3 Å². The molecule has 2 N–H and O–H groups in total. The number of terminal acetylenes is 1. The number of nitrogens with one attached hydrogen (secondary N) is 2.